The van der Waals surface area contributed by atoms with E-state index in [1.165, 1.54) is 0 Å². The number of nitrogens with zero attached hydrogens (tertiary/aromatic N) is 3. The Bertz CT molecular complexity index is 1270. The molecule has 1 N–H and O–H groups in total. The Morgan fingerprint density at radius 3 is 2.39 bits per heavy atom. The van der Waals surface area contributed by atoms with E-state index in [9.17, 15) is 4.79 Å². The average molecular weight is 445 g/mol. The highest BCUT2D eigenvalue weighted by atomic mass is 16.5. The summed E-state index contributed by atoms with van der Waals surface area (Å²) in [6.07, 6.45) is 0. The Hall–Kier alpha value is -3.87. The average Bonchev–Trinajstić information content (AvgIpc) is 3.28. The second kappa shape index (κ2) is 9.32. The molecule has 0 saturated heterocycles. The minimum absolute atomic E-state index is 0.189. The van der Waals surface area contributed by atoms with Crippen molar-refractivity contribution in [3.05, 3.63) is 93.6 Å². The summed E-state index contributed by atoms with van der Waals surface area (Å²) in [5.41, 5.74) is 6.34. The predicted molar refractivity (Wildman–Crippen MR) is 127 cm³/mol. The van der Waals surface area contributed by atoms with E-state index >= 15 is 0 Å². The zero-order valence-corrected chi connectivity index (χ0v) is 19.6. The van der Waals surface area contributed by atoms with E-state index in [1.807, 2.05) is 68.8 Å². The van der Waals surface area contributed by atoms with E-state index in [1.54, 1.807) is 6.92 Å². The Labute approximate surface area is 193 Å². The maximum Gasteiger partial charge on any atom is 0.278 e. The molecule has 0 unspecified atom stereocenters. The SMILES string of the molecule is Cc1cccc(C)c1OCc1c(C(=O)Nc2c(C)nn(Cc3ccccc3)c2C)noc1C. The predicted octanol–water partition coefficient (Wildman–Crippen LogP) is 5.29. The highest BCUT2D eigenvalue weighted by Crippen LogP contribution is 2.26. The van der Waals surface area contributed by atoms with Crippen LogP contribution in [0.5, 0.6) is 5.75 Å². The highest BCUT2D eigenvalue weighted by molar-refractivity contribution is 6.04. The van der Waals surface area contributed by atoms with Gasteiger partial charge < -0.3 is 14.6 Å². The standard InChI is InChI=1S/C26H28N4O3/c1-16-10-9-11-17(2)25(16)32-15-22-20(5)33-29-24(22)26(31)27-23-18(3)28-30(19(23)4)14-21-12-7-6-8-13-21/h6-13H,14-15H2,1-5H3,(H,27,31). The van der Waals surface area contributed by atoms with Crippen molar-refractivity contribution >= 4 is 11.6 Å². The van der Waals surface area contributed by atoms with E-state index in [2.05, 4.69) is 27.7 Å². The van der Waals surface area contributed by atoms with E-state index in [0.29, 0.717) is 23.6 Å². The van der Waals surface area contributed by atoms with Crippen LogP contribution in [0.3, 0.4) is 0 Å². The smallest absolute Gasteiger partial charge is 0.278 e. The number of hydrogen-bond acceptors (Lipinski definition) is 5. The van der Waals surface area contributed by atoms with Gasteiger partial charge in [-0.25, -0.2) is 0 Å². The number of hydrogen-bond donors (Lipinski definition) is 1. The number of ether oxygens (including phenoxy) is 1. The van der Waals surface area contributed by atoms with Gasteiger partial charge in [0.15, 0.2) is 5.69 Å². The summed E-state index contributed by atoms with van der Waals surface area (Å²) in [6.45, 7) is 10.4. The van der Waals surface area contributed by atoms with Crippen molar-refractivity contribution in [3.8, 4) is 5.75 Å². The molecular weight excluding hydrogens is 416 g/mol. The van der Waals surface area contributed by atoms with Gasteiger partial charge in [0.25, 0.3) is 5.91 Å². The molecule has 0 radical (unpaired) electrons. The van der Waals surface area contributed by atoms with Crippen molar-refractivity contribution in [2.24, 2.45) is 0 Å². The maximum atomic E-state index is 13.1. The second-order valence-corrected chi connectivity index (χ2v) is 8.22. The first kappa shape index (κ1) is 22.3. The second-order valence-electron chi connectivity index (χ2n) is 8.22. The summed E-state index contributed by atoms with van der Waals surface area (Å²) < 4.78 is 13.3. The third kappa shape index (κ3) is 4.67. The number of anilines is 1. The summed E-state index contributed by atoms with van der Waals surface area (Å²) in [4.78, 5) is 13.1. The summed E-state index contributed by atoms with van der Waals surface area (Å²) in [6, 6.07) is 16.1. The Morgan fingerprint density at radius 2 is 1.70 bits per heavy atom. The fraction of sp³-hybridized carbons (Fsp3) is 0.269. The van der Waals surface area contributed by atoms with Gasteiger partial charge in [0, 0.05) is 0 Å². The number of rotatable bonds is 7. The molecule has 0 aliphatic rings. The number of benzene rings is 2. The molecule has 4 rings (SSSR count). The summed E-state index contributed by atoms with van der Waals surface area (Å²) >= 11 is 0. The van der Waals surface area contributed by atoms with Gasteiger partial charge in [-0.05, 0) is 51.3 Å². The van der Waals surface area contributed by atoms with Crippen LogP contribution >= 0.6 is 0 Å². The summed E-state index contributed by atoms with van der Waals surface area (Å²) in [7, 11) is 0. The van der Waals surface area contributed by atoms with Crippen LogP contribution in [0, 0.1) is 34.6 Å². The van der Waals surface area contributed by atoms with Crippen LogP contribution in [0.2, 0.25) is 0 Å². The number of para-hydroxylation sites is 1. The quantitative estimate of drug-likeness (QED) is 0.419. The maximum absolute atomic E-state index is 13.1. The lowest BCUT2D eigenvalue weighted by Gasteiger charge is -2.12. The van der Waals surface area contributed by atoms with Gasteiger partial charge in [-0.1, -0.05) is 53.7 Å². The molecule has 7 nitrogen and oxygen atoms in total. The number of nitrogens with one attached hydrogen (secondary N) is 1. The number of carbonyl (C=O) groups is 1. The van der Waals surface area contributed by atoms with Gasteiger partial charge in [0.1, 0.15) is 18.1 Å². The van der Waals surface area contributed by atoms with Crippen LogP contribution in [0.4, 0.5) is 5.69 Å². The molecule has 4 aromatic rings. The van der Waals surface area contributed by atoms with Gasteiger partial charge in [-0.3, -0.25) is 9.48 Å². The largest absolute Gasteiger partial charge is 0.488 e. The molecule has 170 valence electrons. The molecule has 0 bridgehead atoms. The first-order chi connectivity index (χ1) is 15.8. The van der Waals surface area contributed by atoms with Gasteiger partial charge in [-0.2, -0.15) is 5.10 Å². The molecular formula is C26H28N4O3. The molecule has 2 aromatic heterocycles. The fourth-order valence-electron chi connectivity index (χ4n) is 3.87. The molecule has 0 atom stereocenters. The normalized spacial score (nSPS) is 10.9. The molecule has 7 heteroatoms. The van der Waals surface area contributed by atoms with Gasteiger partial charge >= 0.3 is 0 Å². The van der Waals surface area contributed by atoms with Crippen LogP contribution in [0.15, 0.2) is 53.1 Å². The van der Waals surface area contributed by atoms with Crippen molar-refractivity contribution in [2.75, 3.05) is 5.32 Å². The van der Waals surface area contributed by atoms with Crippen molar-refractivity contribution in [2.45, 2.75) is 47.8 Å². The molecule has 0 aliphatic heterocycles. The third-order valence-corrected chi connectivity index (χ3v) is 5.76. The minimum atomic E-state index is -0.350. The highest BCUT2D eigenvalue weighted by Gasteiger charge is 2.23. The van der Waals surface area contributed by atoms with Crippen LogP contribution in [0.1, 0.15) is 49.9 Å². The summed E-state index contributed by atoms with van der Waals surface area (Å²) in [5.74, 6) is 1.01. The molecule has 2 aromatic carbocycles. The van der Waals surface area contributed by atoms with Crippen LogP contribution in [-0.4, -0.2) is 20.8 Å². The first-order valence-electron chi connectivity index (χ1n) is 10.9. The number of aryl methyl sites for hydroxylation is 4. The van der Waals surface area contributed by atoms with Crippen molar-refractivity contribution < 1.29 is 14.1 Å². The Kier molecular flexibility index (Phi) is 6.31. The molecule has 0 aliphatic carbocycles. The van der Waals surface area contributed by atoms with E-state index in [-0.39, 0.29) is 18.2 Å². The van der Waals surface area contributed by atoms with Crippen LogP contribution in [0.25, 0.3) is 0 Å². The molecule has 0 spiro atoms. The monoisotopic (exact) mass is 444 g/mol. The van der Waals surface area contributed by atoms with Crippen molar-refractivity contribution in [3.63, 3.8) is 0 Å². The zero-order chi connectivity index (χ0) is 23.5. The first-order valence-corrected chi connectivity index (χ1v) is 10.9. The fourth-order valence-corrected chi connectivity index (χ4v) is 3.87. The lowest BCUT2D eigenvalue weighted by Crippen LogP contribution is -2.16. The number of carbonyl (C=O) groups excluding carboxylic acids is 1. The zero-order valence-electron chi connectivity index (χ0n) is 19.6. The number of aromatic nitrogens is 3. The Balaban J connectivity index is 1.53. The lowest BCUT2D eigenvalue weighted by molar-refractivity contribution is 0.101. The van der Waals surface area contributed by atoms with Crippen molar-refractivity contribution in [1.29, 1.82) is 0 Å². The Morgan fingerprint density at radius 1 is 1.00 bits per heavy atom. The topological polar surface area (TPSA) is 82.2 Å². The van der Waals surface area contributed by atoms with Gasteiger partial charge in [-0.15, -0.1) is 0 Å². The van der Waals surface area contributed by atoms with E-state index in [4.69, 9.17) is 9.26 Å². The lowest BCUT2D eigenvalue weighted by atomic mass is 10.1. The summed E-state index contributed by atoms with van der Waals surface area (Å²) in [5, 5.41) is 11.6. The molecule has 1 amide bonds. The van der Waals surface area contributed by atoms with Gasteiger partial charge in [0.05, 0.1) is 29.2 Å². The van der Waals surface area contributed by atoms with E-state index < -0.39 is 0 Å². The van der Waals surface area contributed by atoms with Crippen molar-refractivity contribution in [1.82, 2.24) is 14.9 Å². The van der Waals surface area contributed by atoms with Crippen LogP contribution in [-0.2, 0) is 13.2 Å². The van der Waals surface area contributed by atoms with Crippen LogP contribution < -0.4 is 10.1 Å². The molecule has 0 fully saturated rings. The van der Waals surface area contributed by atoms with Gasteiger partial charge in [0.2, 0.25) is 0 Å². The molecule has 0 saturated carbocycles. The molecule has 33 heavy (non-hydrogen) atoms. The van der Waals surface area contributed by atoms with E-state index in [0.717, 1.165) is 33.8 Å². The third-order valence-electron chi connectivity index (χ3n) is 5.76. The number of amides is 1. The minimum Gasteiger partial charge on any atom is -0.488 e. The molecule has 2 heterocycles.